The van der Waals surface area contributed by atoms with Gasteiger partial charge in [0.15, 0.2) is 19.0 Å². The number of hydrogen-bond donors (Lipinski definition) is 1. The standard InChI is InChI=1S/C22H19NO5/c1-15(28-21(25)14-27-20-12-5-3-8-17(20)13-24)22(26)23-19-11-6-9-16-7-2-4-10-18(16)19/h2-13,15H,14H2,1H3,(H,23,26)/t15-/m1/s1. The molecule has 28 heavy (non-hydrogen) atoms. The molecular formula is C22H19NO5. The number of fused-ring (bicyclic) bond motifs is 1. The molecule has 0 spiro atoms. The van der Waals surface area contributed by atoms with Crippen molar-refractivity contribution >= 4 is 34.6 Å². The Bertz CT molecular complexity index is 1010. The Balaban J connectivity index is 1.57. The third-order valence-electron chi connectivity index (χ3n) is 4.12. The molecule has 1 N–H and O–H groups in total. The van der Waals surface area contributed by atoms with Crippen LogP contribution in [0.15, 0.2) is 66.7 Å². The van der Waals surface area contributed by atoms with Crippen LogP contribution in [0.3, 0.4) is 0 Å². The summed E-state index contributed by atoms with van der Waals surface area (Å²) in [6.45, 7) is 1.08. The summed E-state index contributed by atoms with van der Waals surface area (Å²) in [5.41, 5.74) is 0.971. The van der Waals surface area contributed by atoms with E-state index in [1.54, 1.807) is 30.3 Å². The van der Waals surface area contributed by atoms with Gasteiger partial charge in [0, 0.05) is 11.1 Å². The van der Waals surface area contributed by atoms with Gasteiger partial charge < -0.3 is 14.8 Å². The average molecular weight is 377 g/mol. The van der Waals surface area contributed by atoms with Crippen LogP contribution >= 0.6 is 0 Å². The topological polar surface area (TPSA) is 81.7 Å². The second-order valence-electron chi connectivity index (χ2n) is 6.09. The zero-order chi connectivity index (χ0) is 19.9. The van der Waals surface area contributed by atoms with Gasteiger partial charge in [0.2, 0.25) is 0 Å². The van der Waals surface area contributed by atoms with E-state index in [-0.39, 0.29) is 5.75 Å². The van der Waals surface area contributed by atoms with E-state index in [1.807, 2.05) is 36.4 Å². The number of anilines is 1. The maximum atomic E-state index is 12.4. The predicted octanol–water partition coefficient (Wildman–Crippen LogP) is 3.60. The van der Waals surface area contributed by atoms with Crippen molar-refractivity contribution in [1.82, 2.24) is 0 Å². The highest BCUT2D eigenvalue weighted by atomic mass is 16.6. The van der Waals surface area contributed by atoms with E-state index in [0.29, 0.717) is 17.5 Å². The highest BCUT2D eigenvalue weighted by molar-refractivity contribution is 6.03. The van der Waals surface area contributed by atoms with E-state index in [1.165, 1.54) is 6.92 Å². The molecular weight excluding hydrogens is 358 g/mol. The summed E-state index contributed by atoms with van der Waals surface area (Å²) in [5.74, 6) is -0.874. The second-order valence-corrected chi connectivity index (χ2v) is 6.09. The maximum Gasteiger partial charge on any atom is 0.344 e. The van der Waals surface area contributed by atoms with E-state index in [0.717, 1.165) is 10.8 Å². The SMILES string of the molecule is C[C@@H](OC(=O)COc1ccccc1C=O)C(=O)Nc1cccc2ccccc12. The van der Waals surface area contributed by atoms with Gasteiger partial charge in [0.1, 0.15) is 5.75 Å². The minimum absolute atomic E-state index is 0.280. The van der Waals surface area contributed by atoms with Crippen LogP contribution < -0.4 is 10.1 Å². The lowest BCUT2D eigenvalue weighted by atomic mass is 10.1. The summed E-state index contributed by atoms with van der Waals surface area (Å²) in [6, 6.07) is 19.8. The monoisotopic (exact) mass is 377 g/mol. The molecule has 1 amide bonds. The number of hydrogen-bond acceptors (Lipinski definition) is 5. The molecule has 3 aromatic rings. The van der Waals surface area contributed by atoms with Crippen molar-refractivity contribution in [2.45, 2.75) is 13.0 Å². The molecule has 0 aromatic heterocycles. The molecule has 0 saturated heterocycles. The van der Waals surface area contributed by atoms with Crippen LogP contribution in [0.25, 0.3) is 10.8 Å². The van der Waals surface area contributed by atoms with Crippen LogP contribution in [0, 0.1) is 0 Å². The molecule has 0 saturated carbocycles. The molecule has 0 aliphatic rings. The van der Waals surface area contributed by atoms with E-state index in [9.17, 15) is 14.4 Å². The Morgan fingerprint density at radius 3 is 2.54 bits per heavy atom. The van der Waals surface area contributed by atoms with Gasteiger partial charge in [-0.15, -0.1) is 0 Å². The van der Waals surface area contributed by atoms with Crippen LogP contribution in [0.4, 0.5) is 5.69 Å². The first kappa shape index (κ1) is 19.1. The molecule has 1 atom stereocenters. The van der Waals surface area contributed by atoms with E-state index >= 15 is 0 Å². The van der Waals surface area contributed by atoms with Gasteiger partial charge >= 0.3 is 5.97 Å². The first-order valence-corrected chi connectivity index (χ1v) is 8.73. The molecule has 6 heteroatoms. The van der Waals surface area contributed by atoms with Crippen molar-refractivity contribution in [3.63, 3.8) is 0 Å². The quantitative estimate of drug-likeness (QED) is 0.503. The third-order valence-corrected chi connectivity index (χ3v) is 4.12. The van der Waals surface area contributed by atoms with Gasteiger partial charge in [-0.2, -0.15) is 0 Å². The van der Waals surface area contributed by atoms with Gasteiger partial charge in [0.05, 0.1) is 5.56 Å². The summed E-state index contributed by atoms with van der Waals surface area (Å²) in [7, 11) is 0. The van der Waals surface area contributed by atoms with Crippen LogP contribution in [0.5, 0.6) is 5.75 Å². The molecule has 0 heterocycles. The first-order chi connectivity index (χ1) is 13.6. The maximum absolute atomic E-state index is 12.4. The average Bonchev–Trinajstić information content (AvgIpc) is 2.72. The summed E-state index contributed by atoms with van der Waals surface area (Å²) >= 11 is 0. The number of aldehydes is 1. The minimum Gasteiger partial charge on any atom is -0.481 e. The smallest absolute Gasteiger partial charge is 0.344 e. The molecule has 0 aliphatic carbocycles. The summed E-state index contributed by atoms with van der Waals surface area (Å²) in [5, 5.41) is 4.67. The van der Waals surface area contributed by atoms with Gasteiger partial charge in [-0.3, -0.25) is 9.59 Å². The van der Waals surface area contributed by atoms with Crippen LogP contribution in [0.2, 0.25) is 0 Å². The lowest BCUT2D eigenvalue weighted by Gasteiger charge is -2.15. The number of nitrogens with one attached hydrogen (secondary N) is 1. The molecule has 0 aliphatic heterocycles. The Labute approximate surface area is 162 Å². The highest BCUT2D eigenvalue weighted by Crippen LogP contribution is 2.23. The Morgan fingerprint density at radius 2 is 1.71 bits per heavy atom. The van der Waals surface area contributed by atoms with Crippen molar-refractivity contribution < 1.29 is 23.9 Å². The Kier molecular flexibility index (Phi) is 6.01. The zero-order valence-electron chi connectivity index (χ0n) is 15.3. The fourth-order valence-corrected chi connectivity index (χ4v) is 2.70. The number of carbonyl (C=O) groups excluding carboxylic acids is 3. The Hall–Kier alpha value is -3.67. The van der Waals surface area contributed by atoms with Crippen LogP contribution in [0.1, 0.15) is 17.3 Å². The predicted molar refractivity (Wildman–Crippen MR) is 105 cm³/mol. The summed E-state index contributed by atoms with van der Waals surface area (Å²) in [4.78, 5) is 35.3. The van der Waals surface area contributed by atoms with E-state index in [4.69, 9.17) is 9.47 Å². The number of ether oxygens (including phenoxy) is 2. The van der Waals surface area contributed by atoms with E-state index < -0.39 is 24.6 Å². The highest BCUT2D eigenvalue weighted by Gasteiger charge is 2.19. The number of carbonyl (C=O) groups is 3. The Morgan fingerprint density at radius 1 is 1.00 bits per heavy atom. The molecule has 0 bridgehead atoms. The number of rotatable bonds is 7. The summed E-state index contributed by atoms with van der Waals surface area (Å²) < 4.78 is 10.4. The number of amides is 1. The number of para-hydroxylation sites is 1. The van der Waals surface area contributed by atoms with Gasteiger partial charge in [-0.25, -0.2) is 4.79 Å². The summed E-state index contributed by atoms with van der Waals surface area (Å²) in [6.07, 6.45) is -0.364. The van der Waals surface area contributed by atoms with Crippen LogP contribution in [-0.4, -0.2) is 30.9 Å². The molecule has 0 radical (unpaired) electrons. The van der Waals surface area contributed by atoms with E-state index in [2.05, 4.69) is 5.32 Å². The number of benzene rings is 3. The molecule has 3 aromatic carbocycles. The van der Waals surface area contributed by atoms with Crippen molar-refractivity contribution in [3.05, 3.63) is 72.3 Å². The second kappa shape index (κ2) is 8.81. The van der Waals surface area contributed by atoms with Crippen molar-refractivity contribution in [2.24, 2.45) is 0 Å². The fourth-order valence-electron chi connectivity index (χ4n) is 2.70. The van der Waals surface area contributed by atoms with Gasteiger partial charge in [-0.05, 0) is 30.5 Å². The third kappa shape index (κ3) is 4.54. The van der Waals surface area contributed by atoms with Crippen LogP contribution in [-0.2, 0) is 14.3 Å². The molecule has 0 fully saturated rings. The first-order valence-electron chi connectivity index (χ1n) is 8.73. The van der Waals surface area contributed by atoms with Gasteiger partial charge in [-0.1, -0.05) is 48.5 Å². The lowest BCUT2D eigenvalue weighted by Crippen LogP contribution is -2.31. The molecule has 6 nitrogen and oxygen atoms in total. The minimum atomic E-state index is -1.00. The molecule has 142 valence electrons. The fraction of sp³-hybridized carbons (Fsp3) is 0.136. The van der Waals surface area contributed by atoms with Crippen molar-refractivity contribution in [1.29, 1.82) is 0 Å². The number of esters is 1. The molecule has 3 rings (SSSR count). The largest absolute Gasteiger partial charge is 0.481 e. The van der Waals surface area contributed by atoms with Gasteiger partial charge in [0.25, 0.3) is 5.91 Å². The van der Waals surface area contributed by atoms with Crippen molar-refractivity contribution in [3.8, 4) is 5.75 Å². The lowest BCUT2D eigenvalue weighted by molar-refractivity contribution is -0.155. The zero-order valence-corrected chi connectivity index (χ0v) is 15.3. The normalized spacial score (nSPS) is 11.5. The van der Waals surface area contributed by atoms with Crippen molar-refractivity contribution in [2.75, 3.05) is 11.9 Å². The molecule has 0 unspecified atom stereocenters.